The van der Waals surface area contributed by atoms with Gasteiger partial charge in [-0.2, -0.15) is 27.1 Å². The van der Waals surface area contributed by atoms with Crippen molar-refractivity contribution in [3.05, 3.63) is 11.3 Å². The molecule has 0 aliphatic heterocycles. The van der Waals surface area contributed by atoms with Gasteiger partial charge in [0.2, 0.25) is 5.88 Å². The summed E-state index contributed by atoms with van der Waals surface area (Å²) in [5.74, 6) is -1.30. The summed E-state index contributed by atoms with van der Waals surface area (Å²) in [6.45, 7) is -3.24. The second-order valence-electron chi connectivity index (χ2n) is 2.77. The fourth-order valence-corrected chi connectivity index (χ4v) is 1.37. The molecule has 0 atom stereocenters. The lowest BCUT2D eigenvalue weighted by Gasteiger charge is -2.06. The summed E-state index contributed by atoms with van der Waals surface area (Å²) in [6, 6.07) is 0. The minimum absolute atomic E-state index is 0.576. The first-order valence-corrected chi connectivity index (χ1v) is 4.44. The van der Waals surface area contributed by atoms with Gasteiger partial charge in [0.05, 0.1) is 11.4 Å². The summed E-state index contributed by atoms with van der Waals surface area (Å²) in [6.07, 6.45) is -4.76. The number of aryl methyl sites for hydroxylation is 1. The van der Waals surface area contributed by atoms with Crippen LogP contribution in [0, 0.1) is 0 Å². The highest BCUT2D eigenvalue weighted by Crippen LogP contribution is 2.36. The van der Waals surface area contributed by atoms with Gasteiger partial charge in [-0.05, 0) is 0 Å². The molecule has 0 saturated heterocycles. The van der Waals surface area contributed by atoms with Crippen LogP contribution in [-0.2, 0) is 19.1 Å². The van der Waals surface area contributed by atoms with Crippen molar-refractivity contribution in [2.45, 2.75) is 18.7 Å². The molecule has 3 nitrogen and oxygen atoms in total. The number of alkyl halides is 6. The number of ether oxygens (including phenoxy) is 1. The van der Waals surface area contributed by atoms with Gasteiger partial charge in [0.15, 0.2) is 5.69 Å². The van der Waals surface area contributed by atoms with Gasteiger partial charge in [-0.25, -0.2) is 4.68 Å². The zero-order valence-corrected chi connectivity index (χ0v) is 8.61. The van der Waals surface area contributed by atoms with E-state index in [4.69, 9.17) is 11.6 Å². The number of hydrogen-bond donors (Lipinski definition) is 0. The molecule has 0 radical (unpaired) electrons. The van der Waals surface area contributed by atoms with Crippen LogP contribution in [-0.4, -0.2) is 16.4 Å². The highest BCUT2D eigenvalue weighted by atomic mass is 35.5. The average Bonchev–Trinajstić information content (AvgIpc) is 2.42. The molecule has 9 heteroatoms. The maximum Gasteiger partial charge on any atom is 0.435 e. The Balaban J connectivity index is 3.24. The van der Waals surface area contributed by atoms with Crippen LogP contribution in [0.25, 0.3) is 0 Å². The first kappa shape index (κ1) is 13.0. The molecule has 0 fully saturated rings. The van der Waals surface area contributed by atoms with E-state index in [9.17, 15) is 22.0 Å². The van der Waals surface area contributed by atoms with Crippen LogP contribution < -0.4 is 4.74 Å². The van der Waals surface area contributed by atoms with Crippen molar-refractivity contribution in [1.29, 1.82) is 0 Å². The van der Waals surface area contributed by atoms with Crippen molar-refractivity contribution >= 4 is 11.6 Å². The molecule has 1 rings (SSSR count). The molecule has 0 bridgehead atoms. The van der Waals surface area contributed by atoms with Crippen LogP contribution >= 0.6 is 11.6 Å². The zero-order chi connectivity index (χ0) is 12.5. The Morgan fingerprint density at radius 3 is 2.38 bits per heavy atom. The normalized spacial score (nSPS) is 12.2. The van der Waals surface area contributed by atoms with E-state index < -0.39 is 35.8 Å². The van der Waals surface area contributed by atoms with Crippen LogP contribution in [0.5, 0.6) is 5.88 Å². The second-order valence-corrected chi connectivity index (χ2v) is 3.03. The third-order valence-corrected chi connectivity index (χ3v) is 1.96. The van der Waals surface area contributed by atoms with Gasteiger partial charge in [-0.1, -0.05) is 0 Å². The Morgan fingerprint density at radius 1 is 1.44 bits per heavy atom. The molecule has 0 aromatic carbocycles. The Labute approximate surface area is 91.7 Å². The summed E-state index contributed by atoms with van der Waals surface area (Å²) >= 11 is 5.26. The van der Waals surface area contributed by atoms with Gasteiger partial charge >= 0.3 is 12.8 Å². The second kappa shape index (κ2) is 4.44. The predicted molar refractivity (Wildman–Crippen MR) is 44.4 cm³/mol. The van der Waals surface area contributed by atoms with Gasteiger partial charge in [-0.3, -0.25) is 0 Å². The lowest BCUT2D eigenvalue weighted by molar-refractivity contribution is -0.142. The number of aromatic nitrogens is 2. The lowest BCUT2D eigenvalue weighted by atomic mass is 10.2. The Hall–Kier alpha value is -1.05. The lowest BCUT2D eigenvalue weighted by Crippen LogP contribution is -2.09. The molecule has 0 N–H and O–H groups in total. The summed E-state index contributed by atoms with van der Waals surface area (Å²) < 4.78 is 65.5. The SMILES string of the molecule is Cn1nc(C(F)(F)F)c(CCl)c1OC(F)F. The molecule has 1 heterocycles. The Kier molecular flexibility index (Phi) is 3.61. The van der Waals surface area contributed by atoms with Crippen molar-refractivity contribution in [2.75, 3.05) is 0 Å². The van der Waals surface area contributed by atoms with E-state index >= 15 is 0 Å². The van der Waals surface area contributed by atoms with Gasteiger partial charge in [0.1, 0.15) is 0 Å². The molecule has 0 unspecified atom stereocenters. The highest BCUT2D eigenvalue weighted by Gasteiger charge is 2.39. The maximum atomic E-state index is 12.4. The smallest absolute Gasteiger partial charge is 0.417 e. The standard InChI is InChI=1S/C7H6ClF5N2O/c1-15-5(16-6(9)10)3(2-8)4(14-15)7(11,12)13/h6H,2H2,1H3. The van der Waals surface area contributed by atoms with Gasteiger partial charge in [-0.15, -0.1) is 11.6 Å². The zero-order valence-electron chi connectivity index (χ0n) is 7.85. The van der Waals surface area contributed by atoms with Crippen LogP contribution in [0.15, 0.2) is 0 Å². The van der Waals surface area contributed by atoms with E-state index in [1.807, 2.05) is 0 Å². The molecule has 0 amide bonds. The molecule has 0 spiro atoms. The summed E-state index contributed by atoms with van der Waals surface area (Å²) in [5.41, 5.74) is -1.92. The Morgan fingerprint density at radius 2 is 2.00 bits per heavy atom. The summed E-state index contributed by atoms with van der Waals surface area (Å²) in [5, 5.41) is 3.05. The molecule has 0 aliphatic carbocycles. The van der Waals surface area contributed by atoms with Crippen LogP contribution in [0.3, 0.4) is 0 Å². The molecule has 0 aliphatic rings. The number of hydrogen-bond acceptors (Lipinski definition) is 2. The fraction of sp³-hybridized carbons (Fsp3) is 0.571. The van der Waals surface area contributed by atoms with E-state index in [-0.39, 0.29) is 0 Å². The first-order chi connectivity index (χ1) is 7.27. The van der Waals surface area contributed by atoms with E-state index in [1.54, 1.807) is 0 Å². The topological polar surface area (TPSA) is 27.1 Å². The number of nitrogens with zero attached hydrogens (tertiary/aromatic N) is 2. The monoisotopic (exact) mass is 264 g/mol. The molecule has 1 aromatic heterocycles. The molecule has 0 saturated carbocycles. The predicted octanol–water partition coefficient (Wildman–Crippen LogP) is 2.78. The van der Waals surface area contributed by atoms with Crippen LogP contribution in [0.2, 0.25) is 0 Å². The number of rotatable bonds is 3. The quantitative estimate of drug-likeness (QED) is 0.620. The fourth-order valence-electron chi connectivity index (χ4n) is 1.13. The molecule has 92 valence electrons. The van der Waals surface area contributed by atoms with Crippen LogP contribution in [0.4, 0.5) is 22.0 Å². The third kappa shape index (κ3) is 2.55. The van der Waals surface area contributed by atoms with Crippen molar-refractivity contribution in [1.82, 2.24) is 9.78 Å². The summed E-state index contributed by atoms with van der Waals surface area (Å²) in [4.78, 5) is 0. The maximum absolute atomic E-state index is 12.4. The van der Waals surface area contributed by atoms with Crippen molar-refractivity contribution in [3.8, 4) is 5.88 Å². The van der Waals surface area contributed by atoms with Crippen molar-refractivity contribution in [3.63, 3.8) is 0 Å². The van der Waals surface area contributed by atoms with E-state index in [0.29, 0.717) is 4.68 Å². The molecular weight excluding hydrogens is 259 g/mol. The minimum Gasteiger partial charge on any atom is -0.417 e. The Bertz CT molecular complexity index is 376. The van der Waals surface area contributed by atoms with Gasteiger partial charge < -0.3 is 4.74 Å². The van der Waals surface area contributed by atoms with Crippen molar-refractivity contribution < 1.29 is 26.7 Å². The van der Waals surface area contributed by atoms with Crippen molar-refractivity contribution in [2.24, 2.45) is 7.05 Å². The minimum atomic E-state index is -4.76. The van der Waals surface area contributed by atoms with E-state index in [2.05, 4.69) is 9.84 Å². The molecule has 1 aromatic rings. The number of halogens is 6. The van der Waals surface area contributed by atoms with Gasteiger partial charge in [0.25, 0.3) is 0 Å². The third-order valence-electron chi connectivity index (χ3n) is 1.69. The highest BCUT2D eigenvalue weighted by molar-refractivity contribution is 6.17. The van der Waals surface area contributed by atoms with Gasteiger partial charge in [0, 0.05) is 7.05 Å². The first-order valence-electron chi connectivity index (χ1n) is 3.91. The van der Waals surface area contributed by atoms with E-state index in [1.165, 1.54) is 0 Å². The summed E-state index contributed by atoms with van der Waals surface area (Å²) in [7, 11) is 1.06. The van der Waals surface area contributed by atoms with E-state index in [0.717, 1.165) is 7.05 Å². The largest absolute Gasteiger partial charge is 0.435 e. The molecular formula is C7H6ClF5N2O. The molecule has 16 heavy (non-hydrogen) atoms. The average molecular weight is 265 g/mol. The van der Waals surface area contributed by atoms with Crippen LogP contribution in [0.1, 0.15) is 11.3 Å².